The molecule has 3 unspecified atom stereocenters. The predicted molar refractivity (Wildman–Crippen MR) is 60.5 cm³/mol. The summed E-state index contributed by atoms with van der Waals surface area (Å²) in [7, 11) is 0. The van der Waals surface area contributed by atoms with Crippen molar-refractivity contribution in [3.05, 3.63) is 0 Å². The highest BCUT2D eigenvalue weighted by atomic mass is 16.5. The van der Waals surface area contributed by atoms with Gasteiger partial charge in [-0.15, -0.1) is 0 Å². The molecule has 0 aromatic carbocycles. The molecule has 2 heteroatoms. The van der Waals surface area contributed by atoms with Gasteiger partial charge in [0.15, 0.2) is 0 Å². The average Bonchev–Trinajstić information content (AvgIpc) is 2.45. The Kier molecular flexibility index (Phi) is 3.96. The minimum Gasteiger partial charge on any atom is -0.374 e. The van der Waals surface area contributed by atoms with E-state index in [0.29, 0.717) is 23.7 Å². The topological polar surface area (TPSA) is 21.3 Å². The Labute approximate surface area is 88.4 Å². The summed E-state index contributed by atoms with van der Waals surface area (Å²) in [6.07, 6.45) is 3.34. The smallest absolute Gasteiger partial charge is 0.0704 e. The molecule has 84 valence electrons. The lowest BCUT2D eigenvalue weighted by molar-refractivity contribution is 0.0520. The molecule has 2 nitrogen and oxygen atoms in total. The summed E-state index contributed by atoms with van der Waals surface area (Å²) in [5, 5.41) is 3.56. The van der Waals surface area contributed by atoms with Gasteiger partial charge in [0.1, 0.15) is 0 Å². The van der Waals surface area contributed by atoms with Crippen LogP contribution >= 0.6 is 0 Å². The highest BCUT2D eigenvalue weighted by Crippen LogP contribution is 2.21. The van der Waals surface area contributed by atoms with Crippen LogP contribution in [-0.2, 0) is 4.74 Å². The first-order valence-corrected chi connectivity index (χ1v) is 5.78. The van der Waals surface area contributed by atoms with E-state index in [2.05, 4.69) is 39.9 Å². The molecule has 1 rings (SSSR count). The fourth-order valence-electron chi connectivity index (χ4n) is 1.65. The molecule has 0 spiro atoms. The second kappa shape index (κ2) is 4.63. The van der Waals surface area contributed by atoms with Gasteiger partial charge >= 0.3 is 0 Å². The van der Waals surface area contributed by atoms with Crippen molar-refractivity contribution in [3.63, 3.8) is 0 Å². The van der Waals surface area contributed by atoms with Crippen molar-refractivity contribution in [1.82, 2.24) is 5.32 Å². The van der Waals surface area contributed by atoms with E-state index in [1.165, 1.54) is 12.8 Å². The molecule has 1 aliphatic heterocycles. The van der Waals surface area contributed by atoms with Gasteiger partial charge in [0.25, 0.3) is 0 Å². The lowest BCUT2D eigenvalue weighted by Crippen LogP contribution is -2.41. The van der Waals surface area contributed by atoms with Gasteiger partial charge in [-0.05, 0) is 32.1 Å². The Morgan fingerprint density at radius 3 is 2.43 bits per heavy atom. The Morgan fingerprint density at radius 2 is 2.00 bits per heavy atom. The fraction of sp³-hybridized carbons (Fsp3) is 1.00. The maximum Gasteiger partial charge on any atom is 0.0704 e. The van der Waals surface area contributed by atoms with E-state index in [-0.39, 0.29) is 0 Å². The molecule has 1 heterocycles. The van der Waals surface area contributed by atoms with Crippen molar-refractivity contribution >= 4 is 0 Å². The molecule has 1 aliphatic rings. The van der Waals surface area contributed by atoms with Crippen LogP contribution in [0.15, 0.2) is 0 Å². The van der Waals surface area contributed by atoms with Gasteiger partial charge in [-0.3, -0.25) is 0 Å². The third kappa shape index (κ3) is 3.58. The summed E-state index contributed by atoms with van der Waals surface area (Å²) in [5.74, 6) is 0. The third-order valence-electron chi connectivity index (χ3n) is 3.27. The van der Waals surface area contributed by atoms with Crippen LogP contribution < -0.4 is 5.32 Å². The molecular weight excluding hydrogens is 174 g/mol. The lowest BCUT2D eigenvalue weighted by atomic mass is 9.88. The van der Waals surface area contributed by atoms with E-state index < -0.39 is 0 Å². The monoisotopic (exact) mass is 199 g/mol. The molecule has 0 amide bonds. The zero-order chi connectivity index (χ0) is 10.8. The molecule has 1 N–H and O–H groups in total. The molecular formula is C12H25NO. The molecule has 1 saturated heterocycles. The molecule has 0 aliphatic carbocycles. The van der Waals surface area contributed by atoms with Gasteiger partial charge in [-0.1, -0.05) is 20.8 Å². The zero-order valence-electron chi connectivity index (χ0n) is 10.3. The number of hydrogen-bond acceptors (Lipinski definition) is 2. The first kappa shape index (κ1) is 12.0. The van der Waals surface area contributed by atoms with Crippen molar-refractivity contribution in [2.24, 2.45) is 5.41 Å². The number of hydrogen-bond donors (Lipinski definition) is 1. The van der Waals surface area contributed by atoms with E-state index in [9.17, 15) is 0 Å². The molecule has 0 radical (unpaired) electrons. The highest BCUT2D eigenvalue weighted by Gasteiger charge is 2.24. The van der Waals surface area contributed by atoms with Crippen LogP contribution in [0.3, 0.4) is 0 Å². The van der Waals surface area contributed by atoms with E-state index in [1.54, 1.807) is 0 Å². The Balaban J connectivity index is 2.21. The van der Waals surface area contributed by atoms with E-state index in [0.717, 1.165) is 6.54 Å². The first-order chi connectivity index (χ1) is 6.39. The number of nitrogens with one attached hydrogen (secondary N) is 1. The molecule has 0 saturated carbocycles. The second-order valence-electron chi connectivity index (χ2n) is 5.64. The second-order valence-corrected chi connectivity index (χ2v) is 5.64. The quantitative estimate of drug-likeness (QED) is 0.754. The molecule has 0 bridgehead atoms. The number of ether oxygens (including phenoxy) is 1. The Bertz CT molecular complexity index is 174. The summed E-state index contributed by atoms with van der Waals surface area (Å²) in [6.45, 7) is 12.2. The van der Waals surface area contributed by atoms with Crippen LogP contribution in [0.4, 0.5) is 0 Å². The molecule has 1 fully saturated rings. The molecule has 0 aromatic rings. The lowest BCUT2D eigenvalue weighted by Gasteiger charge is -2.29. The van der Waals surface area contributed by atoms with Crippen molar-refractivity contribution in [2.45, 2.75) is 65.7 Å². The van der Waals surface area contributed by atoms with Gasteiger partial charge in [-0.25, -0.2) is 0 Å². The zero-order valence-corrected chi connectivity index (χ0v) is 10.3. The maximum absolute atomic E-state index is 5.76. The van der Waals surface area contributed by atoms with Crippen LogP contribution in [0.1, 0.15) is 47.5 Å². The first-order valence-electron chi connectivity index (χ1n) is 5.78. The van der Waals surface area contributed by atoms with Crippen LogP contribution in [0.2, 0.25) is 0 Å². The fourth-order valence-corrected chi connectivity index (χ4v) is 1.65. The minimum atomic E-state index is 0.338. The number of rotatable bonds is 3. The Morgan fingerprint density at radius 1 is 1.36 bits per heavy atom. The van der Waals surface area contributed by atoms with Gasteiger partial charge < -0.3 is 10.1 Å². The summed E-state index contributed by atoms with van der Waals surface area (Å²) in [5.41, 5.74) is 0.338. The van der Waals surface area contributed by atoms with Crippen LogP contribution in [0.5, 0.6) is 0 Å². The molecule has 0 aromatic heterocycles. The van der Waals surface area contributed by atoms with Crippen molar-refractivity contribution in [3.8, 4) is 0 Å². The van der Waals surface area contributed by atoms with Crippen LogP contribution in [0.25, 0.3) is 0 Å². The standard InChI is InChI=1S/C12H25NO/c1-9-6-7-11(14-9)8-13-10(2)12(3,4)5/h9-11,13H,6-8H2,1-5H3. The van der Waals surface area contributed by atoms with Crippen molar-refractivity contribution in [2.75, 3.05) is 6.54 Å². The largest absolute Gasteiger partial charge is 0.374 e. The predicted octanol–water partition coefficient (Wildman–Crippen LogP) is 2.58. The van der Waals surface area contributed by atoms with Gasteiger partial charge in [0, 0.05) is 12.6 Å². The van der Waals surface area contributed by atoms with Gasteiger partial charge in [-0.2, -0.15) is 0 Å². The van der Waals surface area contributed by atoms with E-state index in [1.807, 2.05) is 0 Å². The van der Waals surface area contributed by atoms with Crippen LogP contribution in [0, 0.1) is 5.41 Å². The summed E-state index contributed by atoms with van der Waals surface area (Å²) < 4.78 is 5.76. The minimum absolute atomic E-state index is 0.338. The van der Waals surface area contributed by atoms with Crippen LogP contribution in [-0.4, -0.2) is 24.8 Å². The summed E-state index contributed by atoms with van der Waals surface area (Å²) in [4.78, 5) is 0. The van der Waals surface area contributed by atoms with Crippen molar-refractivity contribution < 1.29 is 4.74 Å². The summed E-state index contributed by atoms with van der Waals surface area (Å²) in [6, 6.07) is 0.544. The van der Waals surface area contributed by atoms with Gasteiger partial charge in [0.05, 0.1) is 12.2 Å². The average molecular weight is 199 g/mol. The highest BCUT2D eigenvalue weighted by molar-refractivity contribution is 4.79. The van der Waals surface area contributed by atoms with E-state index in [4.69, 9.17) is 4.74 Å². The Hall–Kier alpha value is -0.0800. The maximum atomic E-state index is 5.76. The normalized spacial score (nSPS) is 30.6. The molecule has 14 heavy (non-hydrogen) atoms. The summed E-state index contributed by atoms with van der Waals surface area (Å²) >= 11 is 0. The molecule has 3 atom stereocenters. The van der Waals surface area contributed by atoms with E-state index >= 15 is 0 Å². The van der Waals surface area contributed by atoms with Crippen molar-refractivity contribution in [1.29, 1.82) is 0 Å². The SMILES string of the molecule is CC1CCC(CNC(C)C(C)(C)C)O1. The third-order valence-corrected chi connectivity index (χ3v) is 3.27. The van der Waals surface area contributed by atoms with Gasteiger partial charge in [0.2, 0.25) is 0 Å².